The molecule has 5 nitrogen and oxygen atoms in total. The Labute approximate surface area is 133 Å². The standard InChI is InChI=1S/C12H8BrCl2N5/c1-6-10(15)19-12-16-5-17-20(12)11(6)18-9-4-7(13)2-3-8(9)14/h2-5,18H,1H3. The number of fused-ring (bicyclic) bond motifs is 1. The summed E-state index contributed by atoms with van der Waals surface area (Å²) in [5.41, 5.74) is 1.50. The summed E-state index contributed by atoms with van der Waals surface area (Å²) in [6.45, 7) is 1.85. The van der Waals surface area contributed by atoms with E-state index in [0.717, 1.165) is 15.7 Å². The van der Waals surface area contributed by atoms with Gasteiger partial charge in [0.1, 0.15) is 17.3 Å². The third-order valence-electron chi connectivity index (χ3n) is 2.79. The minimum absolute atomic E-state index is 0.374. The van der Waals surface area contributed by atoms with Gasteiger partial charge in [-0.1, -0.05) is 39.1 Å². The second kappa shape index (κ2) is 5.20. The summed E-state index contributed by atoms with van der Waals surface area (Å²) in [4.78, 5) is 8.19. The number of nitrogens with zero attached hydrogens (tertiary/aromatic N) is 4. The molecule has 102 valence electrons. The number of halogens is 3. The van der Waals surface area contributed by atoms with Crippen molar-refractivity contribution >= 4 is 56.4 Å². The number of aromatic nitrogens is 4. The Bertz CT molecular complexity index is 802. The summed E-state index contributed by atoms with van der Waals surface area (Å²) in [5.74, 6) is 1.10. The van der Waals surface area contributed by atoms with Crippen LogP contribution in [-0.2, 0) is 0 Å². The number of benzene rings is 1. The van der Waals surface area contributed by atoms with E-state index in [2.05, 4.69) is 36.3 Å². The maximum Gasteiger partial charge on any atom is 0.255 e. The Morgan fingerprint density at radius 2 is 2.10 bits per heavy atom. The van der Waals surface area contributed by atoms with Gasteiger partial charge in [-0.2, -0.15) is 19.6 Å². The molecule has 0 unspecified atom stereocenters. The van der Waals surface area contributed by atoms with E-state index < -0.39 is 0 Å². The van der Waals surface area contributed by atoms with E-state index in [0.29, 0.717) is 21.8 Å². The molecular formula is C12H8BrCl2N5. The monoisotopic (exact) mass is 371 g/mol. The van der Waals surface area contributed by atoms with Crippen LogP contribution in [-0.4, -0.2) is 19.6 Å². The number of rotatable bonds is 2. The maximum absolute atomic E-state index is 6.19. The zero-order valence-electron chi connectivity index (χ0n) is 10.2. The first kappa shape index (κ1) is 13.6. The SMILES string of the molecule is Cc1c(Cl)nc2ncnn2c1Nc1cc(Br)ccc1Cl. The summed E-state index contributed by atoms with van der Waals surface area (Å²) in [6.07, 6.45) is 1.42. The highest BCUT2D eigenvalue weighted by molar-refractivity contribution is 9.10. The average molecular weight is 373 g/mol. The molecule has 0 aliphatic rings. The smallest absolute Gasteiger partial charge is 0.255 e. The zero-order chi connectivity index (χ0) is 14.3. The van der Waals surface area contributed by atoms with Gasteiger partial charge in [0.15, 0.2) is 0 Å². The molecule has 3 aromatic rings. The number of hydrogen-bond donors (Lipinski definition) is 1. The van der Waals surface area contributed by atoms with E-state index in [4.69, 9.17) is 23.2 Å². The van der Waals surface area contributed by atoms with Crippen LogP contribution in [0.4, 0.5) is 11.5 Å². The second-order valence-electron chi connectivity index (χ2n) is 4.10. The van der Waals surface area contributed by atoms with Crippen molar-refractivity contribution in [2.24, 2.45) is 0 Å². The molecule has 0 amide bonds. The number of anilines is 2. The largest absolute Gasteiger partial charge is 0.339 e. The first-order chi connectivity index (χ1) is 9.56. The van der Waals surface area contributed by atoms with Crippen molar-refractivity contribution < 1.29 is 0 Å². The summed E-state index contributed by atoms with van der Waals surface area (Å²) >= 11 is 15.7. The van der Waals surface area contributed by atoms with Gasteiger partial charge < -0.3 is 5.32 Å². The molecule has 2 heterocycles. The molecule has 0 aliphatic carbocycles. The quantitative estimate of drug-likeness (QED) is 0.683. The van der Waals surface area contributed by atoms with Gasteiger partial charge in [0.25, 0.3) is 5.78 Å². The molecule has 0 radical (unpaired) electrons. The highest BCUT2D eigenvalue weighted by Gasteiger charge is 2.13. The van der Waals surface area contributed by atoms with Crippen molar-refractivity contribution in [1.29, 1.82) is 0 Å². The van der Waals surface area contributed by atoms with Crippen molar-refractivity contribution in [1.82, 2.24) is 19.6 Å². The predicted octanol–water partition coefficient (Wildman–Crippen LogP) is 4.25. The molecule has 0 atom stereocenters. The van der Waals surface area contributed by atoms with E-state index in [1.165, 1.54) is 6.33 Å². The first-order valence-electron chi connectivity index (χ1n) is 5.64. The predicted molar refractivity (Wildman–Crippen MR) is 83.0 cm³/mol. The lowest BCUT2D eigenvalue weighted by Gasteiger charge is -2.13. The van der Waals surface area contributed by atoms with E-state index in [1.807, 2.05) is 19.1 Å². The van der Waals surface area contributed by atoms with Crippen LogP contribution in [0.2, 0.25) is 10.2 Å². The molecule has 0 saturated heterocycles. The van der Waals surface area contributed by atoms with Gasteiger partial charge in [-0.25, -0.2) is 0 Å². The first-order valence-corrected chi connectivity index (χ1v) is 7.19. The van der Waals surface area contributed by atoms with Crippen LogP contribution in [0.5, 0.6) is 0 Å². The van der Waals surface area contributed by atoms with Crippen molar-refractivity contribution in [3.63, 3.8) is 0 Å². The van der Waals surface area contributed by atoms with Crippen molar-refractivity contribution in [2.45, 2.75) is 6.92 Å². The molecule has 2 aromatic heterocycles. The molecule has 1 N–H and O–H groups in total. The summed E-state index contributed by atoms with van der Waals surface area (Å²) in [6, 6.07) is 5.54. The normalized spacial score (nSPS) is 11.0. The van der Waals surface area contributed by atoms with E-state index in [9.17, 15) is 0 Å². The molecule has 0 saturated carbocycles. The van der Waals surface area contributed by atoms with Gasteiger partial charge in [-0.15, -0.1) is 0 Å². The molecular weight excluding hydrogens is 365 g/mol. The maximum atomic E-state index is 6.19. The molecule has 20 heavy (non-hydrogen) atoms. The van der Waals surface area contributed by atoms with Gasteiger partial charge >= 0.3 is 0 Å². The summed E-state index contributed by atoms with van der Waals surface area (Å²) in [5, 5.41) is 8.33. The van der Waals surface area contributed by atoms with Crippen LogP contribution in [0.1, 0.15) is 5.56 Å². The Morgan fingerprint density at radius 3 is 2.90 bits per heavy atom. The highest BCUT2D eigenvalue weighted by Crippen LogP contribution is 2.31. The van der Waals surface area contributed by atoms with E-state index in [-0.39, 0.29) is 0 Å². The number of hydrogen-bond acceptors (Lipinski definition) is 4. The van der Waals surface area contributed by atoms with Crippen LogP contribution in [0.3, 0.4) is 0 Å². The minimum atomic E-state index is 0.374. The minimum Gasteiger partial charge on any atom is -0.339 e. The van der Waals surface area contributed by atoms with Crippen LogP contribution >= 0.6 is 39.1 Å². The van der Waals surface area contributed by atoms with Crippen LogP contribution in [0.25, 0.3) is 5.78 Å². The third kappa shape index (κ3) is 2.34. The van der Waals surface area contributed by atoms with Gasteiger partial charge in [-0.3, -0.25) is 0 Å². The second-order valence-corrected chi connectivity index (χ2v) is 5.78. The average Bonchev–Trinajstić information content (AvgIpc) is 2.86. The van der Waals surface area contributed by atoms with Gasteiger partial charge in [0, 0.05) is 10.0 Å². The molecule has 8 heteroatoms. The van der Waals surface area contributed by atoms with Crippen molar-refractivity contribution in [3.05, 3.63) is 44.7 Å². The van der Waals surface area contributed by atoms with Gasteiger partial charge in [0.2, 0.25) is 0 Å². The molecule has 0 bridgehead atoms. The Hall–Kier alpha value is -1.37. The molecule has 0 aliphatic heterocycles. The Kier molecular flexibility index (Phi) is 3.54. The van der Waals surface area contributed by atoms with Crippen LogP contribution < -0.4 is 5.32 Å². The van der Waals surface area contributed by atoms with Crippen molar-refractivity contribution in [2.75, 3.05) is 5.32 Å². The van der Waals surface area contributed by atoms with Crippen LogP contribution in [0, 0.1) is 6.92 Å². The fraction of sp³-hybridized carbons (Fsp3) is 0.0833. The fourth-order valence-corrected chi connectivity index (χ4v) is 2.46. The molecule has 1 aromatic carbocycles. The topological polar surface area (TPSA) is 55.1 Å². The number of nitrogens with one attached hydrogen (secondary N) is 1. The summed E-state index contributed by atoms with van der Waals surface area (Å²) in [7, 11) is 0. The lowest BCUT2D eigenvalue weighted by molar-refractivity contribution is 0.936. The molecule has 0 fully saturated rings. The zero-order valence-corrected chi connectivity index (χ0v) is 13.3. The van der Waals surface area contributed by atoms with Crippen molar-refractivity contribution in [3.8, 4) is 0 Å². The Balaban J connectivity index is 2.17. The van der Waals surface area contributed by atoms with Gasteiger partial charge in [0.05, 0.1) is 10.7 Å². The van der Waals surface area contributed by atoms with E-state index >= 15 is 0 Å². The summed E-state index contributed by atoms with van der Waals surface area (Å²) < 4.78 is 2.50. The molecule has 0 spiro atoms. The lowest BCUT2D eigenvalue weighted by Crippen LogP contribution is -2.05. The lowest BCUT2D eigenvalue weighted by atomic mass is 10.3. The third-order valence-corrected chi connectivity index (χ3v) is 3.98. The molecule has 3 rings (SSSR count). The Morgan fingerprint density at radius 1 is 1.30 bits per heavy atom. The van der Waals surface area contributed by atoms with E-state index in [1.54, 1.807) is 10.6 Å². The fourth-order valence-electron chi connectivity index (χ4n) is 1.77. The van der Waals surface area contributed by atoms with Gasteiger partial charge in [-0.05, 0) is 25.1 Å². The highest BCUT2D eigenvalue weighted by atomic mass is 79.9. The van der Waals surface area contributed by atoms with Crippen LogP contribution in [0.15, 0.2) is 29.0 Å².